The Morgan fingerprint density at radius 1 is 0.536 bits per heavy atom. The van der Waals surface area contributed by atoms with Crippen molar-refractivity contribution in [1.29, 1.82) is 0 Å². The van der Waals surface area contributed by atoms with Crippen LogP contribution in [0.3, 0.4) is 0 Å². The van der Waals surface area contributed by atoms with Gasteiger partial charge in [-0.1, -0.05) is 79.1 Å². The lowest BCUT2D eigenvalue weighted by atomic mass is 10.0. The smallest absolute Gasteiger partial charge is 0.305 e. The van der Waals surface area contributed by atoms with Crippen LogP contribution in [0.2, 0.25) is 0 Å². The zero-order valence-corrected chi connectivity index (χ0v) is 19.1. The first-order valence-corrected chi connectivity index (χ1v) is 11.7. The standard InChI is InChI=1S/C24H46O4/c1-21(2)15-9-6-5-7-13-19-27-23(25)17-11-12-18-24(26)28-20-14-8-10-16-22(3)4/h21-22H,5-20H2,1-4H3. The highest BCUT2D eigenvalue weighted by molar-refractivity contribution is 5.70. The van der Waals surface area contributed by atoms with Crippen molar-refractivity contribution in [2.75, 3.05) is 13.2 Å². The van der Waals surface area contributed by atoms with E-state index in [1.165, 1.54) is 38.5 Å². The molecule has 28 heavy (non-hydrogen) atoms. The molecule has 0 bridgehead atoms. The van der Waals surface area contributed by atoms with Gasteiger partial charge in [-0.2, -0.15) is 0 Å². The number of esters is 2. The largest absolute Gasteiger partial charge is 0.466 e. The summed E-state index contributed by atoms with van der Waals surface area (Å²) < 4.78 is 10.5. The molecular formula is C24H46O4. The summed E-state index contributed by atoms with van der Waals surface area (Å²) in [7, 11) is 0. The van der Waals surface area contributed by atoms with Crippen LogP contribution >= 0.6 is 0 Å². The Balaban J connectivity index is 3.34. The van der Waals surface area contributed by atoms with Crippen molar-refractivity contribution >= 4 is 11.9 Å². The van der Waals surface area contributed by atoms with E-state index in [4.69, 9.17) is 9.47 Å². The van der Waals surface area contributed by atoms with Crippen molar-refractivity contribution in [3.05, 3.63) is 0 Å². The molecule has 0 N–H and O–H groups in total. The van der Waals surface area contributed by atoms with E-state index in [1.54, 1.807) is 0 Å². The highest BCUT2D eigenvalue weighted by Gasteiger charge is 2.06. The maximum Gasteiger partial charge on any atom is 0.305 e. The number of ether oxygens (including phenoxy) is 2. The third kappa shape index (κ3) is 21.2. The first-order valence-electron chi connectivity index (χ1n) is 11.7. The molecule has 0 aliphatic rings. The molecule has 0 radical (unpaired) electrons. The van der Waals surface area contributed by atoms with Crippen LogP contribution < -0.4 is 0 Å². The number of unbranched alkanes of at least 4 members (excludes halogenated alkanes) is 7. The first kappa shape index (κ1) is 26.9. The van der Waals surface area contributed by atoms with Crippen LogP contribution in [0.25, 0.3) is 0 Å². The molecule has 0 atom stereocenters. The van der Waals surface area contributed by atoms with Gasteiger partial charge in [0.1, 0.15) is 0 Å². The molecule has 0 saturated carbocycles. The van der Waals surface area contributed by atoms with Crippen LogP contribution in [0.5, 0.6) is 0 Å². The van der Waals surface area contributed by atoms with Gasteiger partial charge in [0.15, 0.2) is 0 Å². The summed E-state index contributed by atoms with van der Waals surface area (Å²) in [6.45, 7) is 10.0. The predicted octanol–water partition coefficient (Wildman–Crippen LogP) is 6.85. The molecule has 0 aromatic heterocycles. The number of hydrogen-bond donors (Lipinski definition) is 0. The van der Waals surface area contributed by atoms with Crippen molar-refractivity contribution < 1.29 is 19.1 Å². The second kappa shape index (κ2) is 19.3. The molecule has 0 saturated heterocycles. The van der Waals surface area contributed by atoms with Crippen LogP contribution in [-0.2, 0) is 19.1 Å². The second-order valence-electron chi connectivity index (χ2n) is 8.84. The molecule has 0 aliphatic heterocycles. The first-order chi connectivity index (χ1) is 13.4. The van der Waals surface area contributed by atoms with Gasteiger partial charge in [0, 0.05) is 12.8 Å². The molecule has 4 nitrogen and oxygen atoms in total. The zero-order valence-electron chi connectivity index (χ0n) is 19.1. The molecule has 0 spiro atoms. The molecule has 0 fully saturated rings. The minimum atomic E-state index is -0.144. The van der Waals surface area contributed by atoms with Crippen molar-refractivity contribution in [3.63, 3.8) is 0 Å². The Bertz CT molecular complexity index is 377. The number of hydrogen-bond acceptors (Lipinski definition) is 4. The van der Waals surface area contributed by atoms with Crippen LogP contribution in [0.4, 0.5) is 0 Å². The zero-order chi connectivity index (χ0) is 21.0. The SMILES string of the molecule is CC(C)CCCCCCCOC(=O)CCCCC(=O)OCCCCCC(C)C. The lowest BCUT2D eigenvalue weighted by molar-refractivity contribution is -0.146. The van der Waals surface area contributed by atoms with Gasteiger partial charge >= 0.3 is 11.9 Å². The molecule has 0 aromatic rings. The quantitative estimate of drug-likeness (QED) is 0.176. The summed E-state index contributed by atoms with van der Waals surface area (Å²) >= 11 is 0. The maximum atomic E-state index is 11.7. The lowest BCUT2D eigenvalue weighted by Crippen LogP contribution is -2.08. The summed E-state index contributed by atoms with van der Waals surface area (Å²) in [6.07, 6.45) is 13.9. The molecule has 0 unspecified atom stereocenters. The van der Waals surface area contributed by atoms with Gasteiger partial charge in [-0.25, -0.2) is 0 Å². The van der Waals surface area contributed by atoms with Crippen molar-refractivity contribution in [3.8, 4) is 0 Å². The fourth-order valence-corrected chi connectivity index (χ4v) is 3.07. The summed E-state index contributed by atoms with van der Waals surface area (Å²) in [5.74, 6) is 1.25. The van der Waals surface area contributed by atoms with Gasteiger partial charge < -0.3 is 9.47 Å². The Hall–Kier alpha value is -1.06. The van der Waals surface area contributed by atoms with E-state index >= 15 is 0 Å². The Morgan fingerprint density at radius 2 is 0.893 bits per heavy atom. The van der Waals surface area contributed by atoms with E-state index in [0.717, 1.165) is 37.5 Å². The van der Waals surface area contributed by atoms with E-state index in [-0.39, 0.29) is 11.9 Å². The number of carbonyl (C=O) groups excluding carboxylic acids is 2. The topological polar surface area (TPSA) is 52.6 Å². The average molecular weight is 399 g/mol. The average Bonchev–Trinajstić information content (AvgIpc) is 2.63. The van der Waals surface area contributed by atoms with E-state index in [0.29, 0.717) is 38.9 Å². The minimum absolute atomic E-state index is 0.140. The third-order valence-electron chi connectivity index (χ3n) is 4.89. The Morgan fingerprint density at radius 3 is 1.32 bits per heavy atom. The van der Waals surface area contributed by atoms with Gasteiger partial charge in [0.05, 0.1) is 13.2 Å². The fourth-order valence-electron chi connectivity index (χ4n) is 3.07. The van der Waals surface area contributed by atoms with Crippen LogP contribution in [-0.4, -0.2) is 25.2 Å². The minimum Gasteiger partial charge on any atom is -0.466 e. The Kier molecular flexibility index (Phi) is 18.5. The van der Waals surface area contributed by atoms with E-state index < -0.39 is 0 Å². The molecule has 0 aliphatic carbocycles. The highest BCUT2D eigenvalue weighted by Crippen LogP contribution is 2.11. The molecular weight excluding hydrogens is 352 g/mol. The second-order valence-corrected chi connectivity index (χ2v) is 8.84. The summed E-state index contributed by atoms with van der Waals surface area (Å²) in [4.78, 5) is 23.3. The van der Waals surface area contributed by atoms with Crippen LogP contribution in [0, 0.1) is 11.8 Å². The summed E-state index contributed by atoms with van der Waals surface area (Å²) in [5.41, 5.74) is 0. The molecule has 166 valence electrons. The lowest BCUT2D eigenvalue weighted by Gasteiger charge is -2.07. The number of rotatable bonds is 19. The maximum absolute atomic E-state index is 11.7. The van der Waals surface area contributed by atoms with Gasteiger partial charge in [0.2, 0.25) is 0 Å². The van der Waals surface area contributed by atoms with Crippen molar-refractivity contribution in [2.45, 2.75) is 118 Å². The monoisotopic (exact) mass is 398 g/mol. The highest BCUT2D eigenvalue weighted by atomic mass is 16.5. The summed E-state index contributed by atoms with van der Waals surface area (Å²) in [6, 6.07) is 0. The van der Waals surface area contributed by atoms with E-state index in [9.17, 15) is 9.59 Å². The molecule has 0 amide bonds. The van der Waals surface area contributed by atoms with Crippen LogP contribution in [0.1, 0.15) is 118 Å². The predicted molar refractivity (Wildman–Crippen MR) is 116 cm³/mol. The van der Waals surface area contributed by atoms with Gasteiger partial charge in [0.25, 0.3) is 0 Å². The third-order valence-corrected chi connectivity index (χ3v) is 4.89. The van der Waals surface area contributed by atoms with E-state index in [1.807, 2.05) is 0 Å². The van der Waals surface area contributed by atoms with E-state index in [2.05, 4.69) is 27.7 Å². The van der Waals surface area contributed by atoms with Crippen molar-refractivity contribution in [1.82, 2.24) is 0 Å². The molecule has 0 rings (SSSR count). The van der Waals surface area contributed by atoms with Gasteiger partial charge in [-0.15, -0.1) is 0 Å². The normalized spacial score (nSPS) is 11.2. The van der Waals surface area contributed by atoms with Crippen molar-refractivity contribution in [2.24, 2.45) is 11.8 Å². The molecule has 4 heteroatoms. The Labute approximate surface area is 174 Å². The van der Waals surface area contributed by atoms with Gasteiger partial charge in [-0.05, 0) is 37.5 Å². The number of carbonyl (C=O) groups is 2. The van der Waals surface area contributed by atoms with Crippen LogP contribution in [0.15, 0.2) is 0 Å². The fraction of sp³-hybridized carbons (Fsp3) is 0.917. The van der Waals surface area contributed by atoms with Gasteiger partial charge in [-0.3, -0.25) is 9.59 Å². The molecule has 0 aromatic carbocycles. The summed E-state index contributed by atoms with van der Waals surface area (Å²) in [5, 5.41) is 0. The molecule has 0 heterocycles.